The number of aliphatic hydroxyl groups excluding tert-OH is 1. The molecule has 2 atom stereocenters. The first kappa shape index (κ1) is 16.6. The van der Waals surface area contributed by atoms with E-state index in [4.69, 9.17) is 14.6 Å². The van der Waals surface area contributed by atoms with Crippen molar-refractivity contribution >= 4 is 5.97 Å². The van der Waals surface area contributed by atoms with E-state index in [-0.39, 0.29) is 5.92 Å². The molecule has 1 aliphatic heterocycles. The Bertz CT molecular complexity index is 519. The molecule has 1 heterocycles. The monoisotopic (exact) mass is 309 g/mol. The van der Waals surface area contributed by atoms with Gasteiger partial charge in [-0.25, -0.2) is 0 Å². The third kappa shape index (κ3) is 3.90. The lowest BCUT2D eigenvalue weighted by Crippen LogP contribution is -2.40. The van der Waals surface area contributed by atoms with Crippen molar-refractivity contribution in [2.24, 2.45) is 5.92 Å². The lowest BCUT2D eigenvalue weighted by Gasteiger charge is -2.32. The molecule has 0 radical (unpaired) electrons. The van der Waals surface area contributed by atoms with Gasteiger partial charge >= 0.3 is 5.97 Å². The molecule has 122 valence electrons. The highest BCUT2D eigenvalue weighted by atomic mass is 16.5. The molecule has 1 aromatic carbocycles. The van der Waals surface area contributed by atoms with Gasteiger partial charge in [-0.3, -0.25) is 9.69 Å². The first-order valence-corrected chi connectivity index (χ1v) is 7.40. The number of methoxy groups -OCH3 is 2. The third-order valence-electron chi connectivity index (χ3n) is 4.08. The van der Waals surface area contributed by atoms with Crippen molar-refractivity contribution in [2.45, 2.75) is 18.9 Å². The molecule has 1 fully saturated rings. The zero-order valence-corrected chi connectivity index (χ0v) is 13.0. The van der Waals surface area contributed by atoms with E-state index in [0.717, 1.165) is 13.0 Å². The van der Waals surface area contributed by atoms with Crippen LogP contribution in [0.15, 0.2) is 18.2 Å². The zero-order valence-electron chi connectivity index (χ0n) is 13.0. The smallest absolute Gasteiger partial charge is 0.307 e. The first-order chi connectivity index (χ1) is 10.5. The van der Waals surface area contributed by atoms with E-state index in [0.29, 0.717) is 36.6 Å². The van der Waals surface area contributed by atoms with Crippen LogP contribution < -0.4 is 9.47 Å². The fourth-order valence-corrected chi connectivity index (χ4v) is 2.87. The second-order valence-electron chi connectivity index (χ2n) is 5.56. The van der Waals surface area contributed by atoms with Crippen LogP contribution in [0.5, 0.6) is 11.5 Å². The number of likely N-dealkylation sites (tertiary alicyclic amines) is 1. The number of aliphatic hydroxyl groups is 1. The van der Waals surface area contributed by atoms with Gasteiger partial charge in [-0.1, -0.05) is 0 Å². The van der Waals surface area contributed by atoms with Crippen LogP contribution in [0, 0.1) is 5.92 Å². The number of hydrogen-bond donors (Lipinski definition) is 2. The number of benzene rings is 1. The van der Waals surface area contributed by atoms with Crippen LogP contribution >= 0.6 is 0 Å². The van der Waals surface area contributed by atoms with Crippen LogP contribution in [-0.4, -0.2) is 54.9 Å². The Kier molecular flexibility index (Phi) is 5.63. The largest absolute Gasteiger partial charge is 0.497 e. The number of hydrogen-bond acceptors (Lipinski definition) is 5. The van der Waals surface area contributed by atoms with Gasteiger partial charge in [0.15, 0.2) is 0 Å². The molecule has 1 aromatic rings. The molecular formula is C16H23NO5. The minimum Gasteiger partial charge on any atom is -0.497 e. The molecule has 2 N–H and O–H groups in total. The van der Waals surface area contributed by atoms with E-state index < -0.39 is 12.1 Å². The van der Waals surface area contributed by atoms with Gasteiger partial charge in [0.1, 0.15) is 11.5 Å². The molecule has 0 amide bonds. The summed E-state index contributed by atoms with van der Waals surface area (Å²) < 4.78 is 10.5. The van der Waals surface area contributed by atoms with Crippen LogP contribution in [-0.2, 0) is 4.79 Å². The second-order valence-corrected chi connectivity index (χ2v) is 5.56. The van der Waals surface area contributed by atoms with E-state index in [9.17, 15) is 9.90 Å². The topological polar surface area (TPSA) is 79.2 Å². The molecular weight excluding hydrogens is 286 g/mol. The summed E-state index contributed by atoms with van der Waals surface area (Å²) in [6.45, 7) is 1.65. The highest BCUT2D eigenvalue weighted by molar-refractivity contribution is 5.70. The lowest BCUT2D eigenvalue weighted by molar-refractivity contribution is -0.143. The van der Waals surface area contributed by atoms with E-state index in [1.807, 2.05) is 4.90 Å². The summed E-state index contributed by atoms with van der Waals surface area (Å²) in [6, 6.07) is 5.28. The summed E-state index contributed by atoms with van der Waals surface area (Å²) in [5.41, 5.74) is 0.652. The van der Waals surface area contributed by atoms with Gasteiger partial charge in [0, 0.05) is 18.7 Å². The Morgan fingerprint density at radius 2 is 2.18 bits per heavy atom. The second kappa shape index (κ2) is 7.47. The highest BCUT2D eigenvalue weighted by Gasteiger charge is 2.27. The number of carbonyl (C=O) groups is 1. The minimum absolute atomic E-state index is 0.354. The van der Waals surface area contributed by atoms with Crippen LogP contribution in [0.3, 0.4) is 0 Å². The minimum atomic E-state index is -0.766. The maximum atomic E-state index is 11.1. The van der Waals surface area contributed by atoms with Crippen molar-refractivity contribution in [3.63, 3.8) is 0 Å². The number of ether oxygens (including phenoxy) is 2. The Morgan fingerprint density at radius 3 is 2.82 bits per heavy atom. The molecule has 22 heavy (non-hydrogen) atoms. The number of carboxylic acid groups (broad SMARTS) is 1. The lowest BCUT2D eigenvalue weighted by atomic mass is 9.97. The summed E-state index contributed by atoms with van der Waals surface area (Å²) in [6.07, 6.45) is 0.779. The van der Waals surface area contributed by atoms with Crippen LogP contribution in [0.4, 0.5) is 0 Å². The van der Waals surface area contributed by atoms with E-state index in [1.165, 1.54) is 0 Å². The Morgan fingerprint density at radius 1 is 1.41 bits per heavy atom. The fourth-order valence-electron chi connectivity index (χ4n) is 2.87. The van der Waals surface area contributed by atoms with Gasteiger partial charge in [-0.15, -0.1) is 0 Å². The summed E-state index contributed by atoms with van der Waals surface area (Å²) >= 11 is 0. The maximum Gasteiger partial charge on any atom is 0.307 e. The van der Waals surface area contributed by atoms with Crippen LogP contribution in [0.2, 0.25) is 0 Å². The molecule has 0 bridgehead atoms. The molecule has 6 heteroatoms. The molecule has 0 saturated carbocycles. The van der Waals surface area contributed by atoms with Gasteiger partial charge in [-0.05, 0) is 37.6 Å². The Labute approximate surface area is 130 Å². The molecule has 1 aliphatic rings. The van der Waals surface area contributed by atoms with Gasteiger partial charge in [0.2, 0.25) is 0 Å². The highest BCUT2D eigenvalue weighted by Crippen LogP contribution is 2.30. The van der Waals surface area contributed by atoms with E-state index >= 15 is 0 Å². The third-order valence-corrected chi connectivity index (χ3v) is 4.08. The predicted octanol–water partition coefficient (Wildman–Crippen LogP) is 1.53. The number of aliphatic carboxylic acids is 1. The van der Waals surface area contributed by atoms with Gasteiger partial charge in [0.25, 0.3) is 0 Å². The quantitative estimate of drug-likeness (QED) is 0.830. The number of rotatable bonds is 6. The normalized spacial score (nSPS) is 20.4. The molecule has 0 aliphatic carbocycles. The van der Waals surface area contributed by atoms with Crippen molar-refractivity contribution in [3.05, 3.63) is 23.8 Å². The van der Waals surface area contributed by atoms with E-state index in [2.05, 4.69) is 0 Å². The van der Waals surface area contributed by atoms with Crippen LogP contribution in [0.25, 0.3) is 0 Å². The molecule has 0 spiro atoms. The summed E-state index contributed by atoms with van der Waals surface area (Å²) in [5.74, 6) is 0.128. The van der Waals surface area contributed by atoms with Gasteiger partial charge in [-0.2, -0.15) is 0 Å². The SMILES string of the molecule is COc1ccc(OC)c(C(O)CN2CCCC(C(=O)O)C2)c1. The average Bonchev–Trinajstić information content (AvgIpc) is 2.54. The van der Waals surface area contributed by atoms with Crippen molar-refractivity contribution in [3.8, 4) is 11.5 Å². The van der Waals surface area contributed by atoms with Gasteiger partial charge in [0.05, 0.1) is 26.2 Å². The number of nitrogens with zero attached hydrogens (tertiary/aromatic N) is 1. The molecule has 1 saturated heterocycles. The average molecular weight is 309 g/mol. The van der Waals surface area contributed by atoms with Crippen molar-refractivity contribution in [1.82, 2.24) is 4.90 Å². The Hall–Kier alpha value is -1.79. The molecule has 2 unspecified atom stereocenters. The molecule has 6 nitrogen and oxygen atoms in total. The summed E-state index contributed by atoms with van der Waals surface area (Å²) in [7, 11) is 3.12. The molecule has 2 rings (SSSR count). The summed E-state index contributed by atoms with van der Waals surface area (Å²) in [4.78, 5) is 13.1. The number of piperidine rings is 1. The maximum absolute atomic E-state index is 11.1. The summed E-state index contributed by atoms with van der Waals surface area (Å²) in [5, 5.41) is 19.6. The number of carboxylic acids is 1. The Balaban J connectivity index is 2.08. The fraction of sp³-hybridized carbons (Fsp3) is 0.562. The van der Waals surface area contributed by atoms with E-state index in [1.54, 1.807) is 32.4 Å². The van der Waals surface area contributed by atoms with Crippen molar-refractivity contribution < 1.29 is 24.5 Å². The first-order valence-electron chi connectivity index (χ1n) is 7.40. The standard InChI is InChI=1S/C16H23NO5/c1-21-12-5-6-15(22-2)13(8-12)14(18)10-17-7-3-4-11(9-17)16(19)20/h5-6,8,11,14,18H,3-4,7,9-10H2,1-2H3,(H,19,20). The predicted molar refractivity (Wildman–Crippen MR) is 81.3 cm³/mol. The number of β-amino-alcohol motifs (C(OH)–C–C–N with tert-alkyl or cyclic N) is 1. The zero-order chi connectivity index (χ0) is 16.1. The van der Waals surface area contributed by atoms with Gasteiger partial charge < -0.3 is 19.7 Å². The van der Waals surface area contributed by atoms with Crippen LogP contribution in [0.1, 0.15) is 24.5 Å². The van der Waals surface area contributed by atoms with Crippen molar-refractivity contribution in [2.75, 3.05) is 33.9 Å². The van der Waals surface area contributed by atoms with Crippen molar-refractivity contribution in [1.29, 1.82) is 0 Å². The molecule has 0 aromatic heterocycles.